The van der Waals surface area contributed by atoms with Crippen molar-refractivity contribution in [3.63, 3.8) is 0 Å². The molecule has 0 unspecified atom stereocenters. The molecule has 0 aliphatic heterocycles. The highest BCUT2D eigenvalue weighted by Crippen LogP contribution is 2.32. The number of fused-ring (bicyclic) bond motifs is 2. The topological polar surface area (TPSA) is 123 Å². The van der Waals surface area contributed by atoms with Gasteiger partial charge in [-0.15, -0.1) is 4.57 Å². The van der Waals surface area contributed by atoms with Gasteiger partial charge in [-0.1, -0.05) is 18.2 Å². The van der Waals surface area contributed by atoms with Crippen molar-refractivity contribution in [3.05, 3.63) is 64.7 Å². The van der Waals surface area contributed by atoms with E-state index in [0.29, 0.717) is 0 Å². The smallest absolute Gasteiger partial charge is 0.242 e. The number of aromatic nitrogens is 2. The lowest BCUT2D eigenvalue weighted by molar-refractivity contribution is -0.538. The van der Waals surface area contributed by atoms with Crippen molar-refractivity contribution in [2.75, 3.05) is 24.7 Å². The third-order valence-electron chi connectivity index (χ3n) is 5.76. The fraction of sp³-hybridized carbons (Fsp3) is 0.250. The van der Waals surface area contributed by atoms with Gasteiger partial charge in [0.15, 0.2) is 0 Å². The quantitative estimate of drug-likeness (QED) is 0.152. The summed E-state index contributed by atoms with van der Waals surface area (Å²) in [6.45, 7) is 8.49. The second-order valence-corrected chi connectivity index (χ2v) is 9.08. The van der Waals surface area contributed by atoms with Crippen LogP contribution in [0.25, 0.3) is 27.8 Å². The first kappa shape index (κ1) is 24.4. The first-order chi connectivity index (χ1) is 15.3. The number of anilines is 2. The van der Waals surface area contributed by atoms with Crippen LogP contribution >= 0.6 is 0 Å². The molecule has 0 amide bonds. The summed E-state index contributed by atoms with van der Waals surface area (Å²) < 4.78 is 35.1. The van der Waals surface area contributed by atoms with Crippen molar-refractivity contribution in [3.8, 4) is 5.69 Å². The maximum Gasteiger partial charge on any atom is 0.242 e. The minimum absolute atomic E-state index is 0.800. The molecule has 8 nitrogen and oxygen atoms in total. The van der Waals surface area contributed by atoms with Gasteiger partial charge in [0, 0.05) is 49.2 Å². The van der Waals surface area contributed by atoms with E-state index >= 15 is 0 Å². The van der Waals surface area contributed by atoms with E-state index in [1.54, 1.807) is 0 Å². The maximum absolute atomic E-state index is 8.63. The second-order valence-electron chi connectivity index (χ2n) is 8.22. The minimum Gasteiger partial charge on any atom is -0.726 e. The Kier molecular flexibility index (Phi) is 6.60. The lowest BCUT2D eigenvalue weighted by atomic mass is 10.0. The third-order valence-corrected chi connectivity index (χ3v) is 5.76. The Balaban J connectivity index is 0.000000555. The SMILES string of the molecule is Cc1c(N)cc2c(nc3c(C)cc(N(C)C)c(C)c3[n+]2-c2ccccc2)c1C.O=S(=O)([O-])O. The highest BCUT2D eigenvalue weighted by molar-refractivity contribution is 7.79. The van der Waals surface area contributed by atoms with Crippen molar-refractivity contribution in [1.29, 1.82) is 0 Å². The Hall–Kier alpha value is -3.27. The van der Waals surface area contributed by atoms with Crippen molar-refractivity contribution in [2.24, 2.45) is 0 Å². The molecule has 174 valence electrons. The molecule has 0 aliphatic rings. The molecule has 0 spiro atoms. The summed E-state index contributed by atoms with van der Waals surface area (Å²) in [7, 11) is -0.749. The third kappa shape index (κ3) is 4.90. The summed E-state index contributed by atoms with van der Waals surface area (Å²) in [5.74, 6) is 0. The fourth-order valence-electron chi connectivity index (χ4n) is 4.05. The summed E-state index contributed by atoms with van der Waals surface area (Å²) in [5.41, 5.74) is 18.3. The Morgan fingerprint density at radius 1 is 0.970 bits per heavy atom. The molecule has 1 heterocycles. The Labute approximate surface area is 193 Å². The molecular formula is C24H28N4O4S. The first-order valence-corrected chi connectivity index (χ1v) is 11.6. The summed E-state index contributed by atoms with van der Waals surface area (Å²) >= 11 is 0. The molecule has 3 N–H and O–H groups in total. The van der Waals surface area contributed by atoms with Gasteiger partial charge in [-0.05, 0) is 50.5 Å². The van der Waals surface area contributed by atoms with Crippen LogP contribution < -0.4 is 15.2 Å². The lowest BCUT2D eigenvalue weighted by Gasteiger charge is -2.18. The van der Waals surface area contributed by atoms with Crippen molar-refractivity contribution < 1.29 is 22.1 Å². The molecule has 33 heavy (non-hydrogen) atoms. The Morgan fingerprint density at radius 3 is 2.09 bits per heavy atom. The molecule has 1 aromatic heterocycles. The molecular weight excluding hydrogens is 440 g/mol. The van der Waals surface area contributed by atoms with E-state index in [1.807, 2.05) is 6.07 Å². The van der Waals surface area contributed by atoms with Crippen molar-refractivity contribution in [2.45, 2.75) is 27.7 Å². The van der Waals surface area contributed by atoms with Gasteiger partial charge in [-0.25, -0.2) is 13.4 Å². The zero-order valence-electron chi connectivity index (χ0n) is 19.5. The molecule has 9 heteroatoms. The van der Waals surface area contributed by atoms with Crippen LogP contribution in [0.3, 0.4) is 0 Å². The van der Waals surface area contributed by atoms with Crippen LogP contribution in [0.1, 0.15) is 22.3 Å². The van der Waals surface area contributed by atoms with E-state index in [2.05, 4.69) is 87.7 Å². The molecule has 0 radical (unpaired) electrons. The number of nitrogen functional groups attached to an aromatic ring is 1. The van der Waals surface area contributed by atoms with Gasteiger partial charge in [0.1, 0.15) is 11.0 Å². The number of hydrogen-bond acceptors (Lipinski definition) is 6. The van der Waals surface area contributed by atoms with Crippen LogP contribution in [-0.2, 0) is 10.4 Å². The van der Waals surface area contributed by atoms with Crippen LogP contribution in [0.15, 0.2) is 42.5 Å². The fourth-order valence-corrected chi connectivity index (χ4v) is 4.05. The zero-order valence-corrected chi connectivity index (χ0v) is 20.4. The lowest BCUT2D eigenvalue weighted by Crippen LogP contribution is -2.35. The van der Waals surface area contributed by atoms with Crippen molar-refractivity contribution in [1.82, 2.24) is 4.98 Å². The average molecular weight is 469 g/mol. The van der Waals surface area contributed by atoms with E-state index in [0.717, 1.165) is 44.6 Å². The predicted molar refractivity (Wildman–Crippen MR) is 131 cm³/mol. The maximum atomic E-state index is 8.63. The second kappa shape index (κ2) is 8.93. The van der Waals surface area contributed by atoms with Crippen LogP contribution in [0.2, 0.25) is 0 Å². The number of benzene rings is 3. The molecule has 0 aliphatic carbocycles. The molecule has 3 aromatic carbocycles. The first-order valence-electron chi connectivity index (χ1n) is 10.3. The molecule has 0 atom stereocenters. The van der Waals surface area contributed by atoms with Crippen LogP contribution in [0, 0.1) is 27.7 Å². The van der Waals surface area contributed by atoms with E-state index in [1.165, 1.54) is 16.8 Å². The van der Waals surface area contributed by atoms with Gasteiger partial charge in [-0.3, -0.25) is 4.55 Å². The van der Waals surface area contributed by atoms with Crippen LogP contribution in [0.5, 0.6) is 0 Å². The molecule has 0 fully saturated rings. The average Bonchev–Trinajstić information content (AvgIpc) is 2.73. The van der Waals surface area contributed by atoms with Crippen LogP contribution in [-0.4, -0.2) is 36.6 Å². The molecule has 4 aromatic rings. The van der Waals surface area contributed by atoms with Crippen LogP contribution in [0.4, 0.5) is 11.4 Å². The highest BCUT2D eigenvalue weighted by atomic mass is 32.3. The summed E-state index contributed by atoms with van der Waals surface area (Å²) in [6, 6.07) is 14.8. The normalized spacial score (nSPS) is 11.4. The Morgan fingerprint density at radius 2 is 1.55 bits per heavy atom. The van der Waals surface area contributed by atoms with Gasteiger partial charge >= 0.3 is 0 Å². The largest absolute Gasteiger partial charge is 0.726 e. The number of rotatable bonds is 2. The molecule has 0 saturated heterocycles. The van der Waals surface area contributed by atoms with Gasteiger partial charge in [-0.2, -0.15) is 0 Å². The molecule has 0 saturated carbocycles. The number of nitrogens with zero attached hydrogens (tertiary/aromatic N) is 3. The summed E-state index contributed by atoms with van der Waals surface area (Å²) in [6.07, 6.45) is 0. The predicted octanol–water partition coefficient (Wildman–Crippen LogP) is 3.55. The van der Waals surface area contributed by atoms with E-state index in [4.69, 9.17) is 28.2 Å². The standard InChI is InChI=1S/C24H26N4.H2O4S/c1-14-12-20(27(5)6)17(4)24-22(14)26-23-16(3)15(2)19(25)13-21(23)28(24)18-10-8-7-9-11-18;1-5(2,3)4/h7-13,25H,1-6H3;(H2,1,2,3,4). The number of aryl methyl sites for hydroxylation is 3. The summed E-state index contributed by atoms with van der Waals surface area (Å²) in [5, 5.41) is 0. The summed E-state index contributed by atoms with van der Waals surface area (Å²) in [4.78, 5) is 7.29. The molecule has 4 rings (SSSR count). The van der Waals surface area contributed by atoms with Gasteiger partial charge < -0.3 is 15.2 Å². The number of hydrogen-bond donors (Lipinski definition) is 2. The number of nitrogens with two attached hydrogens (primary N) is 1. The van der Waals surface area contributed by atoms with E-state index < -0.39 is 10.4 Å². The Bertz CT molecular complexity index is 1460. The van der Waals surface area contributed by atoms with E-state index in [-0.39, 0.29) is 0 Å². The van der Waals surface area contributed by atoms with E-state index in [9.17, 15) is 0 Å². The number of para-hydroxylation sites is 1. The monoisotopic (exact) mass is 468 g/mol. The minimum atomic E-state index is -4.92. The van der Waals surface area contributed by atoms with Crippen molar-refractivity contribution >= 4 is 43.8 Å². The zero-order chi connectivity index (χ0) is 24.7. The van der Waals surface area contributed by atoms with Gasteiger partial charge in [0.2, 0.25) is 27.1 Å². The molecule has 0 bridgehead atoms. The van der Waals surface area contributed by atoms with Gasteiger partial charge in [0.05, 0.1) is 0 Å². The highest BCUT2D eigenvalue weighted by Gasteiger charge is 2.26. The van der Waals surface area contributed by atoms with Gasteiger partial charge in [0.25, 0.3) is 0 Å².